The van der Waals surface area contributed by atoms with Crippen LogP contribution in [0.15, 0.2) is 73.1 Å². The summed E-state index contributed by atoms with van der Waals surface area (Å²) < 4.78 is 0. The van der Waals surface area contributed by atoms with Crippen LogP contribution in [0, 0.1) is 12.3 Å². The van der Waals surface area contributed by atoms with Gasteiger partial charge in [-0.2, -0.15) is 4.98 Å². The summed E-state index contributed by atoms with van der Waals surface area (Å²) in [6.07, 6.45) is 8.98. The van der Waals surface area contributed by atoms with Gasteiger partial charge in [0.05, 0.1) is 11.2 Å². The van der Waals surface area contributed by atoms with Crippen molar-refractivity contribution in [3.63, 3.8) is 0 Å². The zero-order valence-corrected chi connectivity index (χ0v) is 13.9. The van der Waals surface area contributed by atoms with Crippen molar-refractivity contribution in [2.75, 3.05) is 10.6 Å². The van der Waals surface area contributed by atoms with Gasteiger partial charge in [-0.25, -0.2) is 4.98 Å². The zero-order chi connectivity index (χ0) is 17.9. The molecule has 0 aliphatic carbocycles. The van der Waals surface area contributed by atoms with Gasteiger partial charge in [0.1, 0.15) is 5.82 Å². The molecule has 0 saturated heterocycles. The maximum Gasteiger partial charge on any atom is 0.236 e. The fourth-order valence-electron chi connectivity index (χ4n) is 2.79. The van der Waals surface area contributed by atoms with Gasteiger partial charge in [0.2, 0.25) is 5.95 Å². The third-order valence-corrected chi connectivity index (χ3v) is 3.98. The number of nitrogen functional groups attached to an aromatic ring is 1. The molecule has 2 aromatic heterocycles. The maximum absolute atomic E-state index is 5.88. The number of benzene rings is 2. The highest BCUT2D eigenvalue weighted by atomic mass is 15.3. The molecule has 0 radical (unpaired) electrons. The third kappa shape index (κ3) is 2.92. The zero-order valence-electron chi connectivity index (χ0n) is 13.9. The normalized spacial score (nSPS) is 10.4. The Morgan fingerprint density at radius 1 is 0.885 bits per heavy atom. The molecule has 0 aliphatic heterocycles. The summed E-state index contributed by atoms with van der Waals surface area (Å²) in [4.78, 5) is 15.1. The van der Waals surface area contributed by atoms with E-state index in [-0.39, 0.29) is 0 Å². The van der Waals surface area contributed by atoms with Crippen LogP contribution in [0.3, 0.4) is 0 Å². The molecule has 124 valence electrons. The number of hydrogen-bond donors (Lipinski definition) is 1. The Morgan fingerprint density at radius 2 is 1.77 bits per heavy atom. The Hall–Kier alpha value is -3.91. The summed E-state index contributed by atoms with van der Waals surface area (Å²) in [5.74, 6) is 3.54. The lowest BCUT2D eigenvalue weighted by Gasteiger charge is -2.23. The van der Waals surface area contributed by atoms with Gasteiger partial charge in [-0.1, -0.05) is 18.1 Å². The fraction of sp³-hybridized carbons (Fsp3) is 0. The monoisotopic (exact) mass is 337 g/mol. The van der Waals surface area contributed by atoms with Crippen molar-refractivity contribution in [3.05, 3.63) is 78.6 Å². The van der Waals surface area contributed by atoms with Gasteiger partial charge in [0.25, 0.3) is 0 Å². The van der Waals surface area contributed by atoms with Gasteiger partial charge in [-0.15, -0.1) is 6.42 Å². The summed E-state index contributed by atoms with van der Waals surface area (Å²) in [5, 5.41) is 1.02. The Bertz CT molecular complexity index is 1130. The van der Waals surface area contributed by atoms with E-state index < -0.39 is 0 Å². The third-order valence-electron chi connectivity index (χ3n) is 3.98. The van der Waals surface area contributed by atoms with Crippen LogP contribution in [0.1, 0.15) is 5.56 Å². The van der Waals surface area contributed by atoms with Crippen molar-refractivity contribution < 1.29 is 0 Å². The molecule has 5 heteroatoms. The molecular formula is C21H15N5. The predicted octanol–water partition coefficient (Wildman–Crippen LogP) is 4.06. The van der Waals surface area contributed by atoms with Crippen molar-refractivity contribution in [1.82, 2.24) is 15.0 Å². The second kappa shape index (κ2) is 6.54. The van der Waals surface area contributed by atoms with E-state index in [1.807, 2.05) is 59.5 Å². The number of nitrogens with two attached hydrogens (primary N) is 1. The molecule has 2 heterocycles. The van der Waals surface area contributed by atoms with Crippen molar-refractivity contribution in [2.45, 2.75) is 0 Å². The Balaban J connectivity index is 1.93. The molecule has 0 aliphatic rings. The lowest BCUT2D eigenvalue weighted by molar-refractivity contribution is 1.09. The van der Waals surface area contributed by atoms with E-state index in [1.54, 1.807) is 18.5 Å². The molecule has 0 bridgehead atoms. The smallest absolute Gasteiger partial charge is 0.236 e. The highest BCUT2D eigenvalue weighted by Crippen LogP contribution is 2.34. The summed E-state index contributed by atoms with van der Waals surface area (Å²) in [7, 11) is 0. The first-order valence-corrected chi connectivity index (χ1v) is 8.05. The van der Waals surface area contributed by atoms with E-state index in [4.69, 9.17) is 12.2 Å². The van der Waals surface area contributed by atoms with Gasteiger partial charge in [-0.05, 0) is 48.5 Å². The number of aromatic nitrogens is 3. The number of pyridine rings is 1. The van der Waals surface area contributed by atoms with Crippen molar-refractivity contribution >= 4 is 34.0 Å². The molecule has 0 atom stereocenters. The van der Waals surface area contributed by atoms with Crippen LogP contribution >= 0.6 is 0 Å². The van der Waals surface area contributed by atoms with Crippen LogP contribution in [0.5, 0.6) is 0 Å². The minimum atomic E-state index is 0.399. The lowest BCUT2D eigenvalue weighted by atomic mass is 10.1. The van der Waals surface area contributed by atoms with E-state index in [0.717, 1.165) is 27.8 Å². The SMILES string of the molecule is C#Cc1cccc(N(c2ccc3ncccc3c2)c2nccc(N)n2)c1. The molecule has 2 aromatic carbocycles. The molecule has 4 aromatic rings. The second-order valence-electron chi connectivity index (χ2n) is 5.69. The molecule has 2 N–H and O–H groups in total. The number of anilines is 4. The molecule has 0 spiro atoms. The molecule has 0 unspecified atom stereocenters. The first-order valence-electron chi connectivity index (χ1n) is 8.05. The standard InChI is InChI=1S/C21H15N5/c1-2-15-5-3-7-17(13-15)26(21-24-12-10-20(22)25-21)18-8-9-19-16(14-18)6-4-11-23-19/h1,3-14H,(H2,22,24,25). The lowest BCUT2D eigenvalue weighted by Crippen LogP contribution is -2.14. The number of fused-ring (bicyclic) bond motifs is 1. The van der Waals surface area contributed by atoms with Crippen LogP contribution in [0.2, 0.25) is 0 Å². The molecule has 5 nitrogen and oxygen atoms in total. The van der Waals surface area contributed by atoms with Gasteiger partial charge >= 0.3 is 0 Å². The summed E-state index contributed by atoms with van der Waals surface area (Å²) in [6.45, 7) is 0. The molecule has 26 heavy (non-hydrogen) atoms. The van der Waals surface area contributed by atoms with E-state index >= 15 is 0 Å². The van der Waals surface area contributed by atoms with Gasteiger partial charge in [-0.3, -0.25) is 9.88 Å². The summed E-state index contributed by atoms with van der Waals surface area (Å²) in [5.41, 5.74) is 9.32. The maximum atomic E-state index is 5.88. The van der Waals surface area contributed by atoms with Crippen LogP contribution in [-0.2, 0) is 0 Å². The Labute approximate surface area is 151 Å². The van der Waals surface area contributed by atoms with E-state index in [0.29, 0.717) is 11.8 Å². The highest BCUT2D eigenvalue weighted by Gasteiger charge is 2.16. The minimum Gasteiger partial charge on any atom is -0.384 e. The molecule has 4 rings (SSSR count). The van der Waals surface area contributed by atoms with Gasteiger partial charge in [0, 0.05) is 29.0 Å². The predicted molar refractivity (Wildman–Crippen MR) is 104 cm³/mol. The number of rotatable bonds is 3. The van der Waals surface area contributed by atoms with Crippen LogP contribution in [0.25, 0.3) is 10.9 Å². The quantitative estimate of drug-likeness (QED) is 0.571. The van der Waals surface area contributed by atoms with E-state index in [9.17, 15) is 0 Å². The van der Waals surface area contributed by atoms with Crippen LogP contribution < -0.4 is 10.6 Å². The van der Waals surface area contributed by atoms with E-state index in [1.165, 1.54) is 0 Å². The highest BCUT2D eigenvalue weighted by molar-refractivity contribution is 5.86. The fourth-order valence-corrected chi connectivity index (χ4v) is 2.79. The van der Waals surface area contributed by atoms with E-state index in [2.05, 4.69) is 20.9 Å². The van der Waals surface area contributed by atoms with Crippen molar-refractivity contribution in [1.29, 1.82) is 0 Å². The molecule has 0 amide bonds. The first kappa shape index (κ1) is 15.6. The first-order chi connectivity index (χ1) is 12.7. The molecule has 0 fully saturated rings. The van der Waals surface area contributed by atoms with Gasteiger partial charge < -0.3 is 5.73 Å². The van der Waals surface area contributed by atoms with Crippen LogP contribution in [-0.4, -0.2) is 15.0 Å². The second-order valence-corrected chi connectivity index (χ2v) is 5.69. The minimum absolute atomic E-state index is 0.399. The topological polar surface area (TPSA) is 67.9 Å². The number of nitrogens with zero attached hydrogens (tertiary/aromatic N) is 4. The largest absolute Gasteiger partial charge is 0.384 e. The number of terminal acetylenes is 1. The average molecular weight is 337 g/mol. The molecular weight excluding hydrogens is 322 g/mol. The average Bonchev–Trinajstić information content (AvgIpc) is 2.68. The Kier molecular flexibility index (Phi) is 3.92. The van der Waals surface area contributed by atoms with Crippen molar-refractivity contribution in [2.24, 2.45) is 0 Å². The summed E-state index contributed by atoms with van der Waals surface area (Å²) >= 11 is 0. The molecule has 0 saturated carbocycles. The number of hydrogen-bond acceptors (Lipinski definition) is 5. The van der Waals surface area contributed by atoms with Gasteiger partial charge in [0.15, 0.2) is 0 Å². The van der Waals surface area contributed by atoms with Crippen molar-refractivity contribution in [3.8, 4) is 12.3 Å². The summed E-state index contributed by atoms with van der Waals surface area (Å²) in [6, 6.07) is 19.2. The Morgan fingerprint density at radius 3 is 2.62 bits per heavy atom. The van der Waals surface area contributed by atoms with Crippen LogP contribution in [0.4, 0.5) is 23.1 Å².